The number of nitrogens with zero attached hydrogens (tertiary/aromatic N) is 1. The fourth-order valence-corrected chi connectivity index (χ4v) is 7.78. The Morgan fingerprint density at radius 2 is 1.92 bits per heavy atom. The normalized spacial score (nSPS) is 39.3. The Balaban J connectivity index is 1.58. The molecule has 8 heteroatoms. The topological polar surface area (TPSA) is 117 Å². The molecular formula is C29H37NO7. The smallest absolute Gasteiger partial charge is 0.414 e. The highest BCUT2D eigenvalue weighted by atomic mass is 16.6. The predicted molar refractivity (Wildman–Crippen MR) is 137 cm³/mol. The van der Waals surface area contributed by atoms with Crippen molar-refractivity contribution in [2.75, 3.05) is 25.7 Å². The average molecular weight is 512 g/mol. The quantitative estimate of drug-likeness (QED) is 0.532. The summed E-state index contributed by atoms with van der Waals surface area (Å²) < 4.78 is 11.3. The third kappa shape index (κ3) is 3.25. The number of Topliss-reactive ketones (excluding diaryl/α,β-unsaturated/α-hetero) is 1. The molecule has 4 aliphatic carbocycles. The number of hydrogen-bond donors (Lipinski definition) is 3. The molecular weight excluding hydrogens is 474 g/mol. The molecule has 1 aromatic rings. The van der Waals surface area contributed by atoms with E-state index in [0.29, 0.717) is 23.4 Å². The summed E-state index contributed by atoms with van der Waals surface area (Å²) in [6, 6.07) is 6.96. The largest absolute Gasteiger partial charge is 0.495 e. The summed E-state index contributed by atoms with van der Waals surface area (Å²) in [7, 11) is 3.03. The minimum absolute atomic E-state index is 0.0542. The minimum Gasteiger partial charge on any atom is -0.495 e. The fraction of sp³-hybridized carbons (Fsp3) is 0.586. The lowest BCUT2D eigenvalue weighted by Crippen LogP contribution is -2.66. The maximum atomic E-state index is 14.4. The number of allylic oxidation sites excluding steroid dienone is 1. The number of aliphatic hydroxyl groups is 3. The first-order valence-corrected chi connectivity index (χ1v) is 12.9. The van der Waals surface area contributed by atoms with Gasteiger partial charge in [-0.25, -0.2) is 4.79 Å². The number of aliphatic hydroxyl groups excluding tert-OH is 2. The van der Waals surface area contributed by atoms with Crippen LogP contribution in [0.1, 0.15) is 34.1 Å². The maximum absolute atomic E-state index is 14.4. The van der Waals surface area contributed by atoms with Crippen molar-refractivity contribution < 1.29 is 34.4 Å². The summed E-state index contributed by atoms with van der Waals surface area (Å²) in [5.74, 6) is -0.253. The molecule has 0 radical (unpaired) electrons. The predicted octanol–water partition coefficient (Wildman–Crippen LogP) is 3.10. The van der Waals surface area contributed by atoms with Gasteiger partial charge in [0.05, 0.1) is 24.8 Å². The molecule has 0 aliphatic heterocycles. The highest BCUT2D eigenvalue weighted by Gasteiger charge is 2.76. The molecule has 1 amide bonds. The van der Waals surface area contributed by atoms with E-state index in [1.165, 1.54) is 19.1 Å². The van der Waals surface area contributed by atoms with Crippen molar-refractivity contribution in [2.24, 2.45) is 34.5 Å². The van der Waals surface area contributed by atoms with Gasteiger partial charge in [0.1, 0.15) is 11.9 Å². The van der Waals surface area contributed by atoms with E-state index in [0.717, 1.165) is 0 Å². The zero-order valence-corrected chi connectivity index (χ0v) is 22.3. The van der Waals surface area contributed by atoms with Crippen molar-refractivity contribution in [3.63, 3.8) is 0 Å². The molecule has 0 unspecified atom stereocenters. The number of para-hydroxylation sites is 2. The van der Waals surface area contributed by atoms with Gasteiger partial charge in [0, 0.05) is 13.0 Å². The van der Waals surface area contributed by atoms with Gasteiger partial charge in [-0.15, -0.1) is 0 Å². The number of benzene rings is 1. The van der Waals surface area contributed by atoms with Crippen molar-refractivity contribution in [3.05, 3.63) is 47.6 Å². The van der Waals surface area contributed by atoms with E-state index in [1.807, 2.05) is 6.92 Å². The Morgan fingerprint density at radius 3 is 2.57 bits per heavy atom. The van der Waals surface area contributed by atoms with Gasteiger partial charge in [-0.2, -0.15) is 0 Å². The van der Waals surface area contributed by atoms with Gasteiger partial charge in [0.15, 0.2) is 17.5 Å². The summed E-state index contributed by atoms with van der Waals surface area (Å²) >= 11 is 0. The summed E-state index contributed by atoms with van der Waals surface area (Å²) in [4.78, 5) is 29.1. The number of amides is 1. The maximum Gasteiger partial charge on any atom is 0.414 e. The zero-order chi connectivity index (χ0) is 27.1. The molecule has 0 aromatic heterocycles. The van der Waals surface area contributed by atoms with E-state index in [-0.39, 0.29) is 34.5 Å². The van der Waals surface area contributed by atoms with Crippen molar-refractivity contribution >= 4 is 17.6 Å². The van der Waals surface area contributed by atoms with Crippen molar-refractivity contribution in [3.8, 4) is 5.75 Å². The lowest BCUT2D eigenvalue weighted by molar-refractivity contribution is -0.189. The number of fused-ring (bicyclic) bond motifs is 3. The van der Waals surface area contributed by atoms with Gasteiger partial charge in [-0.05, 0) is 59.8 Å². The zero-order valence-electron chi connectivity index (χ0n) is 22.3. The van der Waals surface area contributed by atoms with Crippen LogP contribution in [0.3, 0.4) is 0 Å². The molecule has 8 atom stereocenters. The van der Waals surface area contributed by atoms with Crippen molar-refractivity contribution in [1.29, 1.82) is 0 Å². The summed E-state index contributed by atoms with van der Waals surface area (Å²) in [6.07, 6.45) is 0.419. The Bertz CT molecular complexity index is 1200. The van der Waals surface area contributed by atoms with Gasteiger partial charge >= 0.3 is 6.09 Å². The summed E-state index contributed by atoms with van der Waals surface area (Å²) in [5.41, 5.74) is -2.55. The van der Waals surface area contributed by atoms with Crippen LogP contribution in [0.5, 0.6) is 5.75 Å². The Morgan fingerprint density at radius 1 is 1.24 bits per heavy atom. The molecule has 0 heterocycles. The van der Waals surface area contributed by atoms with Gasteiger partial charge < -0.3 is 24.8 Å². The number of methoxy groups -OCH3 is 1. The van der Waals surface area contributed by atoms with Crippen LogP contribution < -0.4 is 9.64 Å². The molecule has 2 bridgehead atoms. The molecule has 1 spiro atoms. The van der Waals surface area contributed by atoms with Gasteiger partial charge in [-0.3, -0.25) is 9.69 Å². The SMILES string of the molecule is COc1ccccc1N(C)C(=O)O[C@H]1C(C)=C[C@]23C(=O)[C@@H](C=C(CO)[C@@H](O)[C@]12O)[C@H]1[C@@H](C[C@H]3C)C1(C)C. The fourth-order valence-electron chi connectivity index (χ4n) is 7.78. The Hall–Kier alpha value is -2.68. The van der Waals surface area contributed by atoms with E-state index >= 15 is 0 Å². The van der Waals surface area contributed by atoms with Gasteiger partial charge in [0.2, 0.25) is 0 Å². The lowest BCUT2D eigenvalue weighted by Gasteiger charge is -2.48. The van der Waals surface area contributed by atoms with Gasteiger partial charge in [0.25, 0.3) is 0 Å². The first-order valence-electron chi connectivity index (χ1n) is 12.9. The average Bonchev–Trinajstić information content (AvgIpc) is 3.36. The molecule has 2 fully saturated rings. The van der Waals surface area contributed by atoms with Crippen LogP contribution in [0.2, 0.25) is 0 Å². The lowest BCUT2D eigenvalue weighted by atomic mass is 9.59. The van der Waals surface area contributed by atoms with E-state index < -0.39 is 41.8 Å². The van der Waals surface area contributed by atoms with Crippen LogP contribution in [0.4, 0.5) is 10.5 Å². The van der Waals surface area contributed by atoms with E-state index in [9.17, 15) is 24.9 Å². The number of rotatable bonds is 4. The standard InChI is InChI=1S/C29H37NO7/c1-15-13-28-16(2)11-19-22(27(19,3)4)18(24(28)33)12-17(14-31)23(32)29(28,35)25(15)37-26(34)30(5)20-9-7-8-10-21(20)36-6/h7-10,12-13,16,18-19,22-23,25,31-32,35H,11,14H2,1-6H3/t16-,18+,19-,22+,23-,25+,28+,29+/m1/s1. The minimum atomic E-state index is -2.17. The molecule has 1 aromatic carbocycles. The first-order chi connectivity index (χ1) is 17.4. The molecule has 8 nitrogen and oxygen atoms in total. The molecule has 37 heavy (non-hydrogen) atoms. The van der Waals surface area contributed by atoms with E-state index in [4.69, 9.17) is 9.47 Å². The third-order valence-corrected chi connectivity index (χ3v) is 9.84. The highest BCUT2D eigenvalue weighted by molar-refractivity contribution is 5.96. The number of anilines is 1. The molecule has 4 aliphatic rings. The molecule has 2 saturated carbocycles. The van der Waals surface area contributed by atoms with E-state index in [1.54, 1.807) is 43.3 Å². The molecule has 3 N–H and O–H groups in total. The van der Waals surface area contributed by atoms with Crippen molar-refractivity contribution in [1.82, 2.24) is 0 Å². The second kappa shape index (κ2) is 8.41. The van der Waals surface area contributed by atoms with Crippen LogP contribution in [0, 0.1) is 34.5 Å². The highest BCUT2D eigenvalue weighted by Crippen LogP contribution is 2.71. The van der Waals surface area contributed by atoms with Crippen molar-refractivity contribution in [2.45, 2.75) is 51.9 Å². The second-order valence-electron chi connectivity index (χ2n) is 11.9. The monoisotopic (exact) mass is 511 g/mol. The van der Waals surface area contributed by atoms with Gasteiger partial charge in [-0.1, -0.05) is 45.1 Å². The molecule has 0 saturated heterocycles. The van der Waals surface area contributed by atoms with Crippen LogP contribution in [0.15, 0.2) is 47.6 Å². The number of hydrogen-bond acceptors (Lipinski definition) is 7. The van der Waals surface area contributed by atoms with Crippen LogP contribution in [0.25, 0.3) is 0 Å². The summed E-state index contributed by atoms with van der Waals surface area (Å²) in [5, 5.41) is 34.3. The van der Waals surface area contributed by atoms with Crippen LogP contribution in [-0.4, -0.2) is 65.8 Å². The van der Waals surface area contributed by atoms with E-state index in [2.05, 4.69) is 13.8 Å². The third-order valence-electron chi connectivity index (χ3n) is 9.84. The number of ketones is 1. The Labute approximate surface area is 217 Å². The van der Waals surface area contributed by atoms with Crippen LogP contribution in [-0.2, 0) is 9.53 Å². The molecule has 200 valence electrons. The number of carbonyl (C=O) groups is 2. The van der Waals surface area contributed by atoms with Crippen LogP contribution >= 0.6 is 0 Å². The number of carbonyl (C=O) groups excluding carboxylic acids is 2. The summed E-state index contributed by atoms with van der Waals surface area (Å²) in [6.45, 7) is 7.42. The second-order valence-corrected chi connectivity index (χ2v) is 11.9. The molecule has 5 rings (SSSR count). The first kappa shape index (κ1) is 25.9. The Kier molecular flexibility index (Phi) is 5.90. The number of ether oxygens (including phenoxy) is 2.